The van der Waals surface area contributed by atoms with Crippen molar-refractivity contribution in [3.8, 4) is 0 Å². The van der Waals surface area contributed by atoms with Gasteiger partial charge < -0.3 is 15.4 Å². The third-order valence-electron chi connectivity index (χ3n) is 5.26. The van der Waals surface area contributed by atoms with Crippen LogP contribution in [-0.2, 0) is 14.8 Å². The molecule has 2 saturated heterocycles. The molecule has 0 saturated carbocycles. The van der Waals surface area contributed by atoms with Gasteiger partial charge >= 0.3 is 0 Å². The van der Waals surface area contributed by atoms with Gasteiger partial charge in [0.2, 0.25) is 10.0 Å². The van der Waals surface area contributed by atoms with E-state index in [2.05, 4.69) is 15.6 Å². The van der Waals surface area contributed by atoms with Gasteiger partial charge in [0.05, 0.1) is 11.0 Å². The second-order valence-corrected chi connectivity index (χ2v) is 9.07. The lowest BCUT2D eigenvalue weighted by Crippen LogP contribution is -2.45. The summed E-state index contributed by atoms with van der Waals surface area (Å²) in [5.41, 5.74) is 0. The van der Waals surface area contributed by atoms with Crippen LogP contribution in [0.5, 0.6) is 0 Å². The van der Waals surface area contributed by atoms with E-state index < -0.39 is 10.0 Å². The molecule has 1 atom stereocenters. The van der Waals surface area contributed by atoms with Crippen LogP contribution in [0.3, 0.4) is 0 Å². The molecule has 0 aromatic heterocycles. The van der Waals surface area contributed by atoms with Gasteiger partial charge in [0.15, 0.2) is 5.96 Å². The van der Waals surface area contributed by atoms with Crippen LogP contribution in [0, 0.1) is 5.92 Å². The van der Waals surface area contributed by atoms with E-state index in [-0.39, 0.29) is 30.1 Å². The number of hydrogen-bond donors (Lipinski definition) is 2. The average Bonchev–Trinajstić information content (AvgIpc) is 3.23. The summed E-state index contributed by atoms with van der Waals surface area (Å²) in [6, 6.07) is 8.67. The van der Waals surface area contributed by atoms with Crippen LogP contribution in [-0.4, -0.2) is 64.6 Å². The number of nitrogens with zero attached hydrogens (tertiary/aromatic N) is 2. The van der Waals surface area contributed by atoms with E-state index in [0.717, 1.165) is 51.3 Å². The highest BCUT2D eigenvalue weighted by atomic mass is 127. The minimum absolute atomic E-state index is 0. The maximum atomic E-state index is 12.7. The van der Waals surface area contributed by atoms with E-state index in [1.165, 1.54) is 0 Å². The van der Waals surface area contributed by atoms with E-state index in [4.69, 9.17) is 4.74 Å². The van der Waals surface area contributed by atoms with Crippen LogP contribution in [0.15, 0.2) is 40.2 Å². The Morgan fingerprint density at radius 3 is 2.43 bits per heavy atom. The van der Waals surface area contributed by atoms with Crippen LogP contribution < -0.4 is 10.6 Å². The van der Waals surface area contributed by atoms with Crippen molar-refractivity contribution in [1.82, 2.24) is 14.9 Å². The Hall–Kier alpha value is -0.910. The molecule has 2 N–H and O–H groups in total. The van der Waals surface area contributed by atoms with E-state index in [1.54, 1.807) is 35.6 Å². The number of sulfonamides is 1. The third kappa shape index (κ3) is 6.30. The summed E-state index contributed by atoms with van der Waals surface area (Å²) in [7, 11) is -1.61. The first-order chi connectivity index (χ1) is 13.1. The predicted octanol–water partition coefficient (Wildman–Crippen LogP) is 2.05. The van der Waals surface area contributed by atoms with Crippen LogP contribution in [0.1, 0.15) is 25.7 Å². The largest absolute Gasteiger partial charge is 0.376 e. The fourth-order valence-corrected chi connectivity index (χ4v) is 5.06. The van der Waals surface area contributed by atoms with Crippen molar-refractivity contribution in [2.24, 2.45) is 10.9 Å². The highest BCUT2D eigenvalue weighted by Crippen LogP contribution is 2.23. The lowest BCUT2D eigenvalue weighted by molar-refractivity contribution is 0.113. The maximum Gasteiger partial charge on any atom is 0.243 e. The zero-order valence-electron chi connectivity index (χ0n) is 16.3. The zero-order chi connectivity index (χ0) is 19.1. The Bertz CT molecular complexity index is 716. The smallest absolute Gasteiger partial charge is 0.243 e. The topological polar surface area (TPSA) is 83.0 Å². The molecule has 9 heteroatoms. The summed E-state index contributed by atoms with van der Waals surface area (Å²) in [6.07, 6.45) is 4.19. The van der Waals surface area contributed by atoms with Crippen LogP contribution in [0.4, 0.5) is 0 Å². The molecule has 0 radical (unpaired) electrons. The zero-order valence-corrected chi connectivity index (χ0v) is 19.5. The molecule has 1 unspecified atom stereocenters. The minimum atomic E-state index is -3.38. The van der Waals surface area contributed by atoms with Gasteiger partial charge in [0.25, 0.3) is 0 Å². The highest BCUT2D eigenvalue weighted by Gasteiger charge is 2.29. The van der Waals surface area contributed by atoms with Gasteiger partial charge in [0, 0.05) is 39.8 Å². The molecule has 1 aromatic rings. The van der Waals surface area contributed by atoms with Crippen molar-refractivity contribution in [3.05, 3.63) is 30.3 Å². The molecule has 158 valence electrons. The fraction of sp³-hybridized carbons (Fsp3) is 0.632. The molecular weight excluding hydrogens is 491 g/mol. The van der Waals surface area contributed by atoms with E-state index in [1.807, 2.05) is 6.07 Å². The Kier molecular flexibility index (Phi) is 9.45. The van der Waals surface area contributed by atoms with Gasteiger partial charge in [-0.2, -0.15) is 4.31 Å². The number of aliphatic imine (C=N–C) groups is 1. The summed E-state index contributed by atoms with van der Waals surface area (Å²) < 4.78 is 32.6. The van der Waals surface area contributed by atoms with Gasteiger partial charge in [-0.3, -0.25) is 4.99 Å². The van der Waals surface area contributed by atoms with E-state index in [0.29, 0.717) is 23.9 Å². The Labute approximate surface area is 185 Å². The first-order valence-electron chi connectivity index (χ1n) is 9.71. The number of hydrogen-bond acceptors (Lipinski definition) is 4. The van der Waals surface area contributed by atoms with Crippen molar-refractivity contribution >= 4 is 40.0 Å². The van der Waals surface area contributed by atoms with Gasteiger partial charge in [-0.1, -0.05) is 18.2 Å². The van der Waals surface area contributed by atoms with Gasteiger partial charge in [-0.25, -0.2) is 8.42 Å². The molecule has 2 aliphatic rings. The van der Waals surface area contributed by atoms with Gasteiger partial charge in [-0.05, 0) is 43.7 Å². The van der Waals surface area contributed by atoms with Crippen molar-refractivity contribution in [3.63, 3.8) is 0 Å². The van der Waals surface area contributed by atoms with Crippen molar-refractivity contribution < 1.29 is 13.2 Å². The minimum Gasteiger partial charge on any atom is -0.376 e. The summed E-state index contributed by atoms with van der Waals surface area (Å²) in [5.74, 6) is 1.22. The summed E-state index contributed by atoms with van der Waals surface area (Å²) in [5, 5.41) is 6.68. The van der Waals surface area contributed by atoms with Gasteiger partial charge in [0.1, 0.15) is 0 Å². The second kappa shape index (κ2) is 11.3. The third-order valence-corrected chi connectivity index (χ3v) is 7.17. The molecule has 2 fully saturated rings. The first-order valence-corrected chi connectivity index (χ1v) is 11.1. The molecule has 0 bridgehead atoms. The van der Waals surface area contributed by atoms with Crippen molar-refractivity contribution in [2.75, 3.05) is 39.8 Å². The number of halogens is 1. The fourth-order valence-electron chi connectivity index (χ4n) is 3.57. The lowest BCUT2D eigenvalue weighted by atomic mass is 9.98. The summed E-state index contributed by atoms with van der Waals surface area (Å²) in [6.45, 7) is 3.54. The predicted molar refractivity (Wildman–Crippen MR) is 122 cm³/mol. The monoisotopic (exact) mass is 522 g/mol. The van der Waals surface area contributed by atoms with Crippen LogP contribution in [0.25, 0.3) is 0 Å². The lowest BCUT2D eigenvalue weighted by Gasteiger charge is -2.31. The Balaban J connectivity index is 0.00000280. The molecule has 0 amide bonds. The van der Waals surface area contributed by atoms with Gasteiger partial charge in [-0.15, -0.1) is 24.0 Å². The molecule has 0 aliphatic carbocycles. The molecule has 2 heterocycles. The number of guanidine groups is 1. The number of ether oxygens (including phenoxy) is 1. The Morgan fingerprint density at radius 1 is 1.14 bits per heavy atom. The Morgan fingerprint density at radius 2 is 1.82 bits per heavy atom. The normalized spacial score (nSPS) is 21.9. The summed E-state index contributed by atoms with van der Waals surface area (Å²) >= 11 is 0. The molecule has 2 aliphatic heterocycles. The van der Waals surface area contributed by atoms with E-state index >= 15 is 0 Å². The molecule has 28 heavy (non-hydrogen) atoms. The number of nitrogens with one attached hydrogen (secondary N) is 2. The second-order valence-electron chi connectivity index (χ2n) is 7.13. The van der Waals surface area contributed by atoms with Crippen LogP contribution in [0.2, 0.25) is 0 Å². The number of rotatable bonds is 6. The SMILES string of the molecule is CN=C(NCC1CCN(S(=O)(=O)c2ccccc2)CC1)NCC1CCCO1.I. The molecule has 1 aromatic carbocycles. The first kappa shape index (κ1) is 23.4. The molecule has 0 spiro atoms. The quantitative estimate of drug-likeness (QED) is 0.340. The molecule has 3 rings (SSSR count). The number of piperidine rings is 1. The van der Waals surface area contributed by atoms with Crippen LogP contribution >= 0.6 is 24.0 Å². The van der Waals surface area contributed by atoms with E-state index in [9.17, 15) is 8.42 Å². The number of benzene rings is 1. The van der Waals surface area contributed by atoms with Crippen molar-refractivity contribution in [2.45, 2.75) is 36.7 Å². The molecular formula is C19H31IN4O3S. The standard InChI is InChI=1S/C19H30N4O3S.HI/c1-20-19(22-15-17-6-5-13-26-17)21-14-16-9-11-23(12-10-16)27(24,25)18-7-3-2-4-8-18;/h2-4,7-8,16-17H,5-6,9-15H2,1H3,(H2,20,21,22);1H. The maximum absolute atomic E-state index is 12.7. The average molecular weight is 522 g/mol. The summed E-state index contributed by atoms with van der Waals surface area (Å²) in [4.78, 5) is 4.64. The van der Waals surface area contributed by atoms with Crippen molar-refractivity contribution in [1.29, 1.82) is 0 Å². The molecule has 7 nitrogen and oxygen atoms in total. The highest BCUT2D eigenvalue weighted by molar-refractivity contribution is 14.0.